The molecule has 0 atom stereocenters. The number of ether oxygens (including phenoxy) is 1. The van der Waals surface area contributed by atoms with Crippen molar-refractivity contribution in [1.82, 2.24) is 4.90 Å². The summed E-state index contributed by atoms with van der Waals surface area (Å²) in [5.74, 6) is -0.347. The van der Waals surface area contributed by atoms with Crippen LogP contribution in [0.1, 0.15) is 19.8 Å². The van der Waals surface area contributed by atoms with E-state index in [0.29, 0.717) is 5.57 Å². The number of hydrogen-bond donors (Lipinski definition) is 0. The summed E-state index contributed by atoms with van der Waals surface area (Å²) in [5, 5.41) is 0. The molecule has 0 aromatic heterocycles. The smallest absolute Gasteiger partial charge is 0.332 e. The lowest BCUT2D eigenvalue weighted by molar-refractivity contribution is -0.136. The molecule has 3 heteroatoms. The highest BCUT2D eigenvalue weighted by atomic mass is 16.5. The minimum atomic E-state index is -0.347. The van der Waals surface area contributed by atoms with Gasteiger partial charge in [-0.3, -0.25) is 0 Å². The topological polar surface area (TPSA) is 29.5 Å². The Morgan fingerprint density at radius 2 is 1.93 bits per heavy atom. The van der Waals surface area contributed by atoms with Crippen molar-refractivity contribution >= 4 is 5.97 Å². The van der Waals surface area contributed by atoms with Crippen LogP contribution in [-0.2, 0) is 9.53 Å². The lowest BCUT2D eigenvalue weighted by Gasteiger charge is -2.07. The molecule has 0 bridgehead atoms. The fourth-order valence-electron chi connectivity index (χ4n) is 1.10. The number of esters is 1. The van der Waals surface area contributed by atoms with Crippen LogP contribution >= 0.6 is 0 Å². The van der Waals surface area contributed by atoms with Crippen LogP contribution in [0.4, 0.5) is 0 Å². The summed E-state index contributed by atoms with van der Waals surface area (Å²) < 4.78 is 4.27. The van der Waals surface area contributed by atoms with Crippen molar-refractivity contribution < 1.29 is 9.53 Å². The summed E-state index contributed by atoms with van der Waals surface area (Å²) >= 11 is 0. The molecule has 1 saturated heterocycles. The maximum Gasteiger partial charge on any atom is 0.332 e. The molecule has 3 nitrogen and oxygen atoms in total. The second kappa shape index (κ2) is 7.18. The third-order valence-corrected chi connectivity index (χ3v) is 1.93. The van der Waals surface area contributed by atoms with Gasteiger partial charge in [0.25, 0.3) is 0 Å². The van der Waals surface area contributed by atoms with Gasteiger partial charge in [0.2, 0.25) is 0 Å². The molecule has 0 amide bonds. The summed E-state index contributed by atoms with van der Waals surface area (Å²) in [5.41, 5.74) is 0.433. The minimum Gasteiger partial charge on any atom is -0.466 e. The molecule has 0 spiro atoms. The molecule has 0 N–H and O–H groups in total. The van der Waals surface area contributed by atoms with E-state index in [4.69, 9.17) is 0 Å². The molecule has 0 saturated carbocycles. The van der Waals surface area contributed by atoms with Crippen LogP contribution in [0.15, 0.2) is 24.9 Å². The summed E-state index contributed by atoms with van der Waals surface area (Å²) in [7, 11) is 1.33. The average Bonchev–Trinajstić information content (AvgIpc) is 2.69. The van der Waals surface area contributed by atoms with E-state index in [9.17, 15) is 4.79 Å². The molecule has 1 aliphatic heterocycles. The van der Waals surface area contributed by atoms with Gasteiger partial charge in [0.1, 0.15) is 0 Å². The van der Waals surface area contributed by atoms with Crippen molar-refractivity contribution in [2.24, 2.45) is 0 Å². The number of likely N-dealkylation sites (tertiary alicyclic amines) is 1. The van der Waals surface area contributed by atoms with E-state index >= 15 is 0 Å². The van der Waals surface area contributed by atoms with Crippen molar-refractivity contribution in [1.29, 1.82) is 0 Å². The highest BCUT2D eigenvalue weighted by Gasteiger charge is 2.04. The van der Waals surface area contributed by atoms with Crippen LogP contribution in [-0.4, -0.2) is 31.1 Å². The van der Waals surface area contributed by atoms with Crippen LogP contribution in [0.25, 0.3) is 0 Å². The number of nitrogens with zero attached hydrogens (tertiary/aromatic N) is 1. The number of carbonyl (C=O) groups is 1. The monoisotopic (exact) mass is 197 g/mol. The third kappa shape index (κ3) is 5.41. The van der Waals surface area contributed by atoms with Crippen molar-refractivity contribution in [3.05, 3.63) is 24.9 Å². The average molecular weight is 197 g/mol. The van der Waals surface area contributed by atoms with Crippen LogP contribution in [0.5, 0.6) is 0 Å². The molecule has 1 heterocycles. The van der Waals surface area contributed by atoms with Crippen LogP contribution in [0.3, 0.4) is 0 Å². The SMILES string of the molecule is C=C(C)C(=O)OC.C=CN1CCCC1. The fraction of sp³-hybridized carbons (Fsp3) is 0.545. The van der Waals surface area contributed by atoms with Crippen molar-refractivity contribution in [2.75, 3.05) is 20.2 Å². The van der Waals surface area contributed by atoms with E-state index in [1.165, 1.54) is 33.0 Å². The zero-order chi connectivity index (χ0) is 11.0. The molecule has 14 heavy (non-hydrogen) atoms. The first kappa shape index (κ1) is 12.8. The molecular weight excluding hydrogens is 178 g/mol. The van der Waals surface area contributed by atoms with Gasteiger partial charge in [0.15, 0.2) is 0 Å². The Labute approximate surface area is 86.0 Å². The van der Waals surface area contributed by atoms with Gasteiger partial charge < -0.3 is 9.64 Å². The van der Waals surface area contributed by atoms with Crippen LogP contribution in [0.2, 0.25) is 0 Å². The lowest BCUT2D eigenvalue weighted by Crippen LogP contribution is -2.08. The quantitative estimate of drug-likeness (QED) is 0.500. The van der Waals surface area contributed by atoms with E-state index in [0.717, 1.165) is 0 Å². The molecule has 0 aromatic rings. The van der Waals surface area contributed by atoms with Crippen molar-refractivity contribution in [3.8, 4) is 0 Å². The predicted octanol–water partition coefficient (Wildman–Crippen LogP) is 1.96. The minimum absolute atomic E-state index is 0.347. The highest BCUT2D eigenvalue weighted by molar-refractivity contribution is 5.86. The maximum absolute atomic E-state index is 10.2. The molecule has 1 rings (SSSR count). The van der Waals surface area contributed by atoms with Gasteiger partial charge in [0.05, 0.1) is 7.11 Å². The van der Waals surface area contributed by atoms with Gasteiger partial charge in [-0.05, 0) is 26.0 Å². The van der Waals surface area contributed by atoms with Crippen molar-refractivity contribution in [3.63, 3.8) is 0 Å². The standard InChI is InChI=1S/C6H11N.C5H8O2/c1-2-7-5-3-4-6-7;1-4(2)5(6)7-3/h2H,1,3-6H2;1H2,2-3H3. The molecule has 0 radical (unpaired) electrons. The van der Waals surface area contributed by atoms with Gasteiger partial charge >= 0.3 is 5.97 Å². The Kier molecular flexibility index (Phi) is 6.54. The molecule has 80 valence electrons. The number of rotatable bonds is 2. The van der Waals surface area contributed by atoms with E-state index in [1.54, 1.807) is 6.92 Å². The second-order valence-electron chi connectivity index (χ2n) is 3.20. The Balaban J connectivity index is 0.000000241. The van der Waals surface area contributed by atoms with E-state index < -0.39 is 0 Å². The van der Waals surface area contributed by atoms with Crippen LogP contribution in [0, 0.1) is 0 Å². The first-order chi connectivity index (χ1) is 6.61. The Bertz CT molecular complexity index is 205. The normalized spacial score (nSPS) is 14.0. The lowest BCUT2D eigenvalue weighted by atomic mass is 10.4. The van der Waals surface area contributed by atoms with E-state index in [2.05, 4.69) is 22.8 Å². The summed E-state index contributed by atoms with van der Waals surface area (Å²) in [6.07, 6.45) is 4.63. The van der Waals surface area contributed by atoms with Gasteiger partial charge in [-0.15, -0.1) is 0 Å². The highest BCUT2D eigenvalue weighted by Crippen LogP contribution is 2.05. The van der Waals surface area contributed by atoms with Crippen molar-refractivity contribution in [2.45, 2.75) is 19.8 Å². The third-order valence-electron chi connectivity index (χ3n) is 1.93. The molecule has 0 aliphatic carbocycles. The Morgan fingerprint density at radius 1 is 1.43 bits per heavy atom. The molecule has 1 fully saturated rings. The van der Waals surface area contributed by atoms with Crippen LogP contribution < -0.4 is 0 Å². The number of hydrogen-bond acceptors (Lipinski definition) is 3. The zero-order valence-corrected chi connectivity index (χ0v) is 9.08. The first-order valence-corrected chi connectivity index (χ1v) is 4.72. The van der Waals surface area contributed by atoms with Gasteiger partial charge in [0, 0.05) is 18.7 Å². The zero-order valence-electron chi connectivity index (χ0n) is 9.08. The van der Waals surface area contributed by atoms with Gasteiger partial charge in [-0.1, -0.05) is 13.2 Å². The van der Waals surface area contributed by atoms with E-state index in [1.807, 2.05) is 6.20 Å². The van der Waals surface area contributed by atoms with Gasteiger partial charge in [-0.25, -0.2) is 4.79 Å². The summed E-state index contributed by atoms with van der Waals surface area (Å²) in [4.78, 5) is 12.4. The Hall–Kier alpha value is -1.25. The molecule has 1 aliphatic rings. The fourth-order valence-corrected chi connectivity index (χ4v) is 1.10. The predicted molar refractivity (Wildman–Crippen MR) is 57.8 cm³/mol. The van der Waals surface area contributed by atoms with Gasteiger partial charge in [-0.2, -0.15) is 0 Å². The molecule has 0 aromatic carbocycles. The number of carbonyl (C=O) groups excluding carboxylic acids is 1. The summed E-state index contributed by atoms with van der Waals surface area (Å²) in [6.45, 7) is 11.1. The maximum atomic E-state index is 10.2. The summed E-state index contributed by atoms with van der Waals surface area (Å²) in [6, 6.07) is 0. The number of methoxy groups -OCH3 is 1. The Morgan fingerprint density at radius 3 is 2.07 bits per heavy atom. The molecular formula is C11H19NO2. The van der Waals surface area contributed by atoms with E-state index in [-0.39, 0.29) is 5.97 Å². The molecule has 0 unspecified atom stereocenters. The largest absolute Gasteiger partial charge is 0.466 e. The first-order valence-electron chi connectivity index (χ1n) is 4.72. The second-order valence-corrected chi connectivity index (χ2v) is 3.20.